The molecule has 25 heavy (non-hydrogen) atoms. The summed E-state index contributed by atoms with van der Waals surface area (Å²) in [6, 6.07) is 12.7. The summed E-state index contributed by atoms with van der Waals surface area (Å²) in [4.78, 5) is 32.4. The molecule has 0 atom stereocenters. The van der Waals surface area contributed by atoms with Crippen molar-refractivity contribution in [3.63, 3.8) is 0 Å². The molecule has 8 heteroatoms. The summed E-state index contributed by atoms with van der Waals surface area (Å²) >= 11 is 1.32. The van der Waals surface area contributed by atoms with Crippen LogP contribution in [0.5, 0.6) is 0 Å². The Kier molecular flexibility index (Phi) is 5.00. The quantitative estimate of drug-likeness (QED) is 0.546. The van der Waals surface area contributed by atoms with Gasteiger partial charge in [-0.25, -0.2) is 10.4 Å². The third kappa shape index (κ3) is 3.99. The minimum absolute atomic E-state index is 0.135. The van der Waals surface area contributed by atoms with Crippen molar-refractivity contribution in [2.24, 2.45) is 5.10 Å². The molecule has 7 nitrogen and oxygen atoms in total. The highest BCUT2D eigenvalue weighted by molar-refractivity contribution is 7.14. The molecule has 0 saturated carbocycles. The number of rotatable bonds is 5. The Hall–Kier alpha value is -3.26. The lowest BCUT2D eigenvalue weighted by Crippen LogP contribution is -2.22. The van der Waals surface area contributed by atoms with Crippen LogP contribution in [0.3, 0.4) is 0 Å². The Morgan fingerprint density at radius 3 is 2.72 bits per heavy atom. The number of hydrogen-bond donors (Lipinski definition) is 2. The summed E-state index contributed by atoms with van der Waals surface area (Å²) in [6.07, 6.45) is 3.09. The molecule has 0 radical (unpaired) electrons. The van der Waals surface area contributed by atoms with Crippen LogP contribution in [0.1, 0.15) is 23.1 Å². The molecular formula is C17H15N5O2S. The zero-order valence-corrected chi connectivity index (χ0v) is 14.2. The SMILES string of the molecule is CC(=O)N(c1ccccc1)c1nc(/C=N\NC(=O)c2ccc[nH]2)cs1. The fourth-order valence-electron chi connectivity index (χ4n) is 2.13. The molecule has 0 aliphatic carbocycles. The Morgan fingerprint density at radius 2 is 2.04 bits per heavy atom. The lowest BCUT2D eigenvalue weighted by Gasteiger charge is -2.17. The number of anilines is 2. The van der Waals surface area contributed by atoms with E-state index in [2.05, 4.69) is 20.5 Å². The molecule has 3 aromatic rings. The van der Waals surface area contributed by atoms with Crippen LogP contribution in [-0.2, 0) is 4.79 Å². The minimum Gasteiger partial charge on any atom is -0.357 e. The van der Waals surface area contributed by atoms with Gasteiger partial charge in [0.15, 0.2) is 5.13 Å². The zero-order valence-electron chi connectivity index (χ0n) is 13.3. The number of aromatic nitrogens is 2. The number of carbonyl (C=O) groups excluding carboxylic acids is 2. The number of aromatic amines is 1. The van der Waals surface area contributed by atoms with Gasteiger partial charge in [-0.05, 0) is 24.3 Å². The van der Waals surface area contributed by atoms with Crippen molar-refractivity contribution in [3.05, 3.63) is 65.4 Å². The lowest BCUT2D eigenvalue weighted by atomic mass is 10.3. The number of nitrogens with zero attached hydrogens (tertiary/aromatic N) is 3. The van der Waals surface area contributed by atoms with Crippen LogP contribution in [0.25, 0.3) is 0 Å². The normalized spacial score (nSPS) is 10.8. The number of carbonyl (C=O) groups is 2. The average molecular weight is 353 g/mol. The fourth-order valence-corrected chi connectivity index (χ4v) is 2.97. The lowest BCUT2D eigenvalue weighted by molar-refractivity contribution is -0.115. The van der Waals surface area contributed by atoms with E-state index >= 15 is 0 Å². The topological polar surface area (TPSA) is 90.4 Å². The van der Waals surface area contributed by atoms with Crippen LogP contribution >= 0.6 is 11.3 Å². The number of nitrogens with one attached hydrogen (secondary N) is 2. The highest BCUT2D eigenvalue weighted by Gasteiger charge is 2.17. The largest absolute Gasteiger partial charge is 0.357 e. The average Bonchev–Trinajstić information content (AvgIpc) is 3.28. The predicted molar refractivity (Wildman–Crippen MR) is 97.2 cm³/mol. The third-order valence-corrected chi connectivity index (χ3v) is 4.08. The molecule has 0 spiro atoms. The highest BCUT2D eigenvalue weighted by atomic mass is 32.1. The second kappa shape index (κ2) is 7.54. The summed E-state index contributed by atoms with van der Waals surface area (Å²) in [7, 11) is 0. The monoisotopic (exact) mass is 353 g/mol. The van der Waals surface area contributed by atoms with Gasteiger partial charge in [0.25, 0.3) is 5.91 Å². The first-order valence-electron chi connectivity index (χ1n) is 7.43. The van der Waals surface area contributed by atoms with Gasteiger partial charge in [-0.1, -0.05) is 18.2 Å². The maximum atomic E-state index is 12.0. The molecule has 2 N–H and O–H groups in total. The second-order valence-electron chi connectivity index (χ2n) is 5.03. The minimum atomic E-state index is -0.341. The molecule has 0 aliphatic rings. The molecular weight excluding hydrogens is 338 g/mol. The van der Waals surface area contributed by atoms with Gasteiger partial charge in [0.1, 0.15) is 5.69 Å². The molecule has 126 valence electrons. The van der Waals surface area contributed by atoms with E-state index in [0.717, 1.165) is 5.69 Å². The van der Waals surface area contributed by atoms with Crippen LogP contribution in [0.4, 0.5) is 10.8 Å². The van der Waals surface area contributed by atoms with Gasteiger partial charge < -0.3 is 4.98 Å². The molecule has 0 aliphatic heterocycles. The Bertz CT molecular complexity index is 887. The van der Waals surface area contributed by atoms with Crippen molar-refractivity contribution < 1.29 is 9.59 Å². The van der Waals surface area contributed by atoms with E-state index in [1.807, 2.05) is 30.3 Å². The molecule has 1 aromatic carbocycles. The van der Waals surface area contributed by atoms with E-state index in [1.54, 1.807) is 23.7 Å². The number of H-pyrrole nitrogens is 1. The van der Waals surface area contributed by atoms with Gasteiger partial charge in [0, 0.05) is 18.5 Å². The summed E-state index contributed by atoms with van der Waals surface area (Å²) in [5.74, 6) is -0.476. The number of para-hydroxylation sites is 1. The number of hydrazone groups is 1. The molecule has 0 bridgehead atoms. The molecule has 2 amide bonds. The van der Waals surface area contributed by atoms with Crippen molar-refractivity contribution in [1.82, 2.24) is 15.4 Å². The molecule has 3 rings (SSSR count). The molecule has 2 aromatic heterocycles. The van der Waals surface area contributed by atoms with Crippen LogP contribution in [0, 0.1) is 0 Å². The third-order valence-electron chi connectivity index (χ3n) is 3.24. The van der Waals surface area contributed by atoms with Crippen molar-refractivity contribution in [2.45, 2.75) is 6.92 Å². The highest BCUT2D eigenvalue weighted by Crippen LogP contribution is 2.28. The van der Waals surface area contributed by atoms with E-state index in [4.69, 9.17) is 0 Å². The van der Waals surface area contributed by atoms with E-state index in [9.17, 15) is 9.59 Å². The summed E-state index contributed by atoms with van der Waals surface area (Å²) in [5, 5.41) is 6.18. The van der Waals surface area contributed by atoms with Crippen molar-refractivity contribution >= 4 is 40.2 Å². The summed E-state index contributed by atoms with van der Waals surface area (Å²) in [6.45, 7) is 1.48. The number of benzene rings is 1. The number of amides is 2. The maximum Gasteiger partial charge on any atom is 0.287 e. The second-order valence-corrected chi connectivity index (χ2v) is 5.86. The molecule has 0 fully saturated rings. The smallest absolute Gasteiger partial charge is 0.287 e. The predicted octanol–water partition coefficient (Wildman–Crippen LogP) is 2.92. The Morgan fingerprint density at radius 1 is 1.24 bits per heavy atom. The fraction of sp³-hybridized carbons (Fsp3) is 0.0588. The van der Waals surface area contributed by atoms with Crippen LogP contribution in [0.2, 0.25) is 0 Å². The van der Waals surface area contributed by atoms with E-state index in [1.165, 1.54) is 29.4 Å². The summed E-state index contributed by atoms with van der Waals surface area (Å²) in [5.41, 5.74) is 4.12. The van der Waals surface area contributed by atoms with Crippen molar-refractivity contribution in [3.8, 4) is 0 Å². The first-order valence-corrected chi connectivity index (χ1v) is 8.31. The maximum absolute atomic E-state index is 12.0. The van der Waals surface area contributed by atoms with E-state index < -0.39 is 0 Å². The molecule has 0 saturated heterocycles. The van der Waals surface area contributed by atoms with Gasteiger partial charge in [-0.2, -0.15) is 5.10 Å². The van der Waals surface area contributed by atoms with Crippen LogP contribution in [0.15, 0.2) is 59.1 Å². The van der Waals surface area contributed by atoms with E-state index in [0.29, 0.717) is 16.5 Å². The molecule has 0 unspecified atom stereocenters. The number of hydrogen-bond acceptors (Lipinski definition) is 5. The van der Waals surface area contributed by atoms with Crippen molar-refractivity contribution in [2.75, 3.05) is 4.90 Å². The van der Waals surface area contributed by atoms with Gasteiger partial charge in [-0.3, -0.25) is 14.5 Å². The zero-order chi connectivity index (χ0) is 17.6. The van der Waals surface area contributed by atoms with Crippen LogP contribution in [-0.4, -0.2) is 28.0 Å². The number of thiazole rings is 1. The standard InChI is InChI=1S/C17H15N5O2S/c1-12(23)22(14-6-3-2-4-7-14)17-20-13(11-25-17)10-19-21-16(24)15-8-5-9-18-15/h2-11,18H,1H3,(H,21,24)/b19-10-. The van der Waals surface area contributed by atoms with Gasteiger partial charge in [-0.15, -0.1) is 11.3 Å². The first kappa shape index (κ1) is 16.6. The Labute approximate surface area is 148 Å². The van der Waals surface area contributed by atoms with Crippen molar-refractivity contribution in [1.29, 1.82) is 0 Å². The van der Waals surface area contributed by atoms with Gasteiger partial charge in [0.2, 0.25) is 5.91 Å². The Balaban J connectivity index is 1.72. The van der Waals surface area contributed by atoms with E-state index in [-0.39, 0.29) is 11.8 Å². The summed E-state index contributed by atoms with van der Waals surface area (Å²) < 4.78 is 0. The molecule has 2 heterocycles. The first-order chi connectivity index (χ1) is 12.1. The van der Waals surface area contributed by atoms with Gasteiger partial charge in [0.05, 0.1) is 17.6 Å². The van der Waals surface area contributed by atoms with Gasteiger partial charge >= 0.3 is 0 Å². The van der Waals surface area contributed by atoms with Crippen LogP contribution < -0.4 is 10.3 Å².